The second kappa shape index (κ2) is 7.51. The van der Waals surface area contributed by atoms with Crippen LogP contribution in [0.5, 0.6) is 0 Å². The SMILES string of the molecule is C[C@H](C(=O)c1ccc(C(C)(C)C)cc1)C(OC(N)=O)c1ccccc1. The van der Waals surface area contributed by atoms with Gasteiger partial charge in [0.05, 0.1) is 5.92 Å². The Labute approximate surface area is 149 Å². The average Bonchev–Trinajstić information content (AvgIpc) is 2.58. The van der Waals surface area contributed by atoms with Crippen LogP contribution in [0.2, 0.25) is 0 Å². The molecule has 0 radical (unpaired) electrons. The van der Waals surface area contributed by atoms with Gasteiger partial charge in [0.15, 0.2) is 5.78 Å². The van der Waals surface area contributed by atoms with Gasteiger partial charge in [-0.15, -0.1) is 0 Å². The van der Waals surface area contributed by atoms with Crippen LogP contribution in [0.15, 0.2) is 54.6 Å². The fraction of sp³-hybridized carbons (Fsp3) is 0.333. The Hall–Kier alpha value is -2.62. The normalized spacial score (nSPS) is 13.8. The number of benzene rings is 2. The van der Waals surface area contributed by atoms with E-state index < -0.39 is 18.1 Å². The van der Waals surface area contributed by atoms with Gasteiger partial charge in [0.25, 0.3) is 0 Å². The van der Waals surface area contributed by atoms with Crippen molar-refractivity contribution in [3.8, 4) is 0 Å². The minimum absolute atomic E-state index is 0.0227. The van der Waals surface area contributed by atoms with Crippen molar-refractivity contribution in [2.24, 2.45) is 11.7 Å². The van der Waals surface area contributed by atoms with Gasteiger partial charge in [-0.25, -0.2) is 4.79 Å². The minimum atomic E-state index is -0.892. The monoisotopic (exact) mass is 339 g/mol. The lowest BCUT2D eigenvalue weighted by atomic mass is 9.85. The van der Waals surface area contributed by atoms with E-state index in [-0.39, 0.29) is 11.2 Å². The number of nitrogens with two attached hydrogens (primary N) is 1. The Balaban J connectivity index is 2.27. The Morgan fingerprint density at radius 2 is 1.52 bits per heavy atom. The first kappa shape index (κ1) is 18.7. The summed E-state index contributed by atoms with van der Waals surface area (Å²) >= 11 is 0. The van der Waals surface area contributed by atoms with Crippen molar-refractivity contribution in [2.75, 3.05) is 0 Å². The lowest BCUT2D eigenvalue weighted by Gasteiger charge is -2.23. The molecule has 0 aromatic heterocycles. The molecule has 2 aromatic carbocycles. The number of ketones is 1. The molecule has 0 saturated heterocycles. The van der Waals surface area contributed by atoms with Gasteiger partial charge in [-0.05, 0) is 16.5 Å². The van der Waals surface area contributed by atoms with E-state index in [2.05, 4.69) is 20.8 Å². The van der Waals surface area contributed by atoms with E-state index in [0.29, 0.717) is 5.56 Å². The molecule has 0 spiro atoms. The van der Waals surface area contributed by atoms with E-state index in [0.717, 1.165) is 11.1 Å². The van der Waals surface area contributed by atoms with E-state index in [1.807, 2.05) is 54.6 Å². The number of carbonyl (C=O) groups excluding carboxylic acids is 2. The first-order valence-corrected chi connectivity index (χ1v) is 8.36. The Bertz CT molecular complexity index is 730. The van der Waals surface area contributed by atoms with Gasteiger partial charge in [-0.2, -0.15) is 0 Å². The second-order valence-corrected chi connectivity index (χ2v) is 7.25. The zero-order valence-electron chi connectivity index (χ0n) is 15.2. The zero-order valence-corrected chi connectivity index (χ0v) is 15.2. The third kappa shape index (κ3) is 4.69. The van der Waals surface area contributed by atoms with Crippen LogP contribution in [0.25, 0.3) is 0 Å². The van der Waals surface area contributed by atoms with Gasteiger partial charge in [-0.1, -0.05) is 82.3 Å². The summed E-state index contributed by atoms with van der Waals surface area (Å²) in [7, 11) is 0. The molecule has 2 rings (SSSR count). The second-order valence-electron chi connectivity index (χ2n) is 7.25. The zero-order chi connectivity index (χ0) is 18.6. The highest BCUT2D eigenvalue weighted by Crippen LogP contribution is 2.29. The van der Waals surface area contributed by atoms with Crippen molar-refractivity contribution in [1.82, 2.24) is 0 Å². The average molecular weight is 339 g/mol. The van der Waals surface area contributed by atoms with Crippen LogP contribution < -0.4 is 5.73 Å². The summed E-state index contributed by atoms with van der Waals surface area (Å²) in [5.74, 6) is -0.633. The maximum Gasteiger partial charge on any atom is 0.405 e. The van der Waals surface area contributed by atoms with Gasteiger partial charge >= 0.3 is 6.09 Å². The highest BCUT2D eigenvalue weighted by atomic mass is 16.6. The Morgan fingerprint density at radius 3 is 2.00 bits per heavy atom. The molecule has 1 amide bonds. The molecule has 2 atom stereocenters. The summed E-state index contributed by atoms with van der Waals surface area (Å²) in [4.78, 5) is 24.2. The highest BCUT2D eigenvalue weighted by molar-refractivity contribution is 5.98. The maximum atomic E-state index is 12.9. The van der Waals surface area contributed by atoms with Crippen LogP contribution in [-0.2, 0) is 10.2 Å². The van der Waals surface area contributed by atoms with E-state index in [4.69, 9.17) is 10.5 Å². The standard InChI is InChI=1S/C21H25NO3/c1-14(19(25-20(22)24)16-8-6-5-7-9-16)18(23)15-10-12-17(13-11-15)21(2,3)4/h5-14,19H,1-4H3,(H2,22,24)/t14-,19?/m1/s1. The fourth-order valence-corrected chi connectivity index (χ4v) is 2.76. The van der Waals surface area contributed by atoms with Crippen LogP contribution in [-0.4, -0.2) is 11.9 Å². The van der Waals surface area contributed by atoms with Gasteiger partial charge in [0, 0.05) is 5.56 Å². The van der Waals surface area contributed by atoms with Crippen LogP contribution in [0, 0.1) is 5.92 Å². The number of ether oxygens (including phenoxy) is 1. The number of Topliss-reactive ketones (excluding diaryl/α,β-unsaturated/α-hetero) is 1. The van der Waals surface area contributed by atoms with Crippen molar-refractivity contribution in [3.05, 3.63) is 71.3 Å². The molecule has 0 aliphatic rings. The third-order valence-electron chi connectivity index (χ3n) is 4.27. The summed E-state index contributed by atoms with van der Waals surface area (Å²) in [6.45, 7) is 8.12. The maximum absolute atomic E-state index is 12.9. The topological polar surface area (TPSA) is 69.4 Å². The lowest BCUT2D eigenvalue weighted by Crippen LogP contribution is -2.26. The molecule has 25 heavy (non-hydrogen) atoms. The van der Waals surface area contributed by atoms with E-state index >= 15 is 0 Å². The molecule has 4 heteroatoms. The number of hydrogen-bond donors (Lipinski definition) is 1. The highest BCUT2D eigenvalue weighted by Gasteiger charge is 2.29. The number of hydrogen-bond acceptors (Lipinski definition) is 3. The first-order valence-electron chi connectivity index (χ1n) is 8.36. The first-order chi connectivity index (χ1) is 11.7. The van der Waals surface area contributed by atoms with Gasteiger partial charge in [-0.3, -0.25) is 4.79 Å². The Morgan fingerprint density at radius 1 is 0.960 bits per heavy atom. The smallest absolute Gasteiger partial charge is 0.405 e. The molecule has 0 aliphatic carbocycles. The Kier molecular flexibility index (Phi) is 5.62. The van der Waals surface area contributed by atoms with Crippen molar-refractivity contribution in [3.63, 3.8) is 0 Å². The molecule has 0 fully saturated rings. The molecule has 2 N–H and O–H groups in total. The quantitative estimate of drug-likeness (QED) is 0.807. The molecule has 132 valence electrons. The molecule has 0 saturated carbocycles. The predicted molar refractivity (Wildman–Crippen MR) is 98.5 cm³/mol. The van der Waals surface area contributed by atoms with E-state index in [9.17, 15) is 9.59 Å². The summed E-state index contributed by atoms with van der Waals surface area (Å²) in [6.07, 6.45) is -1.61. The third-order valence-corrected chi connectivity index (χ3v) is 4.27. The van der Waals surface area contributed by atoms with Crippen molar-refractivity contribution >= 4 is 11.9 Å². The van der Waals surface area contributed by atoms with E-state index in [1.165, 1.54) is 0 Å². The van der Waals surface area contributed by atoms with Crippen LogP contribution in [0.1, 0.15) is 55.3 Å². The summed E-state index contributed by atoms with van der Waals surface area (Å²) < 4.78 is 5.24. The summed E-state index contributed by atoms with van der Waals surface area (Å²) in [5.41, 5.74) is 7.72. The lowest BCUT2D eigenvalue weighted by molar-refractivity contribution is 0.0586. The largest absolute Gasteiger partial charge is 0.441 e. The number of rotatable bonds is 5. The van der Waals surface area contributed by atoms with Crippen LogP contribution >= 0.6 is 0 Å². The number of carbonyl (C=O) groups is 2. The fourth-order valence-electron chi connectivity index (χ4n) is 2.76. The molecular formula is C21H25NO3. The number of amides is 1. The predicted octanol–water partition coefficient (Wildman–Crippen LogP) is 4.64. The summed E-state index contributed by atoms with van der Waals surface area (Å²) in [5, 5.41) is 0. The molecule has 0 bridgehead atoms. The molecule has 0 aliphatic heterocycles. The van der Waals surface area contributed by atoms with Crippen LogP contribution in [0.3, 0.4) is 0 Å². The molecule has 0 heterocycles. The minimum Gasteiger partial charge on any atom is -0.441 e. The summed E-state index contributed by atoms with van der Waals surface area (Å²) in [6, 6.07) is 16.8. The number of primary amides is 1. The van der Waals surface area contributed by atoms with Crippen molar-refractivity contribution in [1.29, 1.82) is 0 Å². The molecule has 4 nitrogen and oxygen atoms in total. The van der Waals surface area contributed by atoms with Crippen molar-refractivity contribution < 1.29 is 14.3 Å². The van der Waals surface area contributed by atoms with Crippen molar-refractivity contribution in [2.45, 2.75) is 39.2 Å². The molecular weight excluding hydrogens is 314 g/mol. The van der Waals surface area contributed by atoms with Crippen LogP contribution in [0.4, 0.5) is 4.79 Å². The van der Waals surface area contributed by atoms with Gasteiger partial charge in [0.1, 0.15) is 6.10 Å². The van der Waals surface area contributed by atoms with Gasteiger partial charge < -0.3 is 10.5 Å². The van der Waals surface area contributed by atoms with Gasteiger partial charge in [0.2, 0.25) is 0 Å². The molecule has 1 unspecified atom stereocenters. The van der Waals surface area contributed by atoms with E-state index in [1.54, 1.807) is 6.92 Å². The molecule has 2 aromatic rings.